The van der Waals surface area contributed by atoms with Crippen LogP contribution in [0.15, 0.2) is 72.8 Å². The van der Waals surface area contributed by atoms with Crippen LogP contribution < -0.4 is 4.91 Å². The van der Waals surface area contributed by atoms with Crippen molar-refractivity contribution < 1.29 is 0 Å². The zero-order valence-electron chi connectivity index (χ0n) is 11.4. The summed E-state index contributed by atoms with van der Waals surface area (Å²) in [5.74, 6) is 0. The lowest BCUT2D eigenvalue weighted by Crippen LogP contribution is -1.79. The van der Waals surface area contributed by atoms with Crippen LogP contribution in [0.2, 0.25) is 0 Å². The molecule has 0 heterocycles. The summed E-state index contributed by atoms with van der Waals surface area (Å²) >= 11 is 0. The molecule has 0 amide bonds. The fourth-order valence-electron chi connectivity index (χ4n) is 2.77. The van der Waals surface area contributed by atoms with Gasteiger partial charge in [-0.25, -0.2) is 0 Å². The molecule has 21 heavy (non-hydrogen) atoms. The minimum absolute atomic E-state index is 1.31. The maximum absolute atomic E-state index is 5.50. The molecule has 0 bridgehead atoms. The maximum atomic E-state index is 5.50. The number of fused-ring (bicyclic) bond motifs is 5. The first-order valence-corrected chi connectivity index (χ1v) is 6.67. The molecular weight excluding hydrogens is 258 g/mol. The van der Waals surface area contributed by atoms with E-state index in [1.807, 2.05) is 4.91 Å². The topological polar surface area (TPSA) is 61.8 Å². The molecule has 2 N–H and O–H groups in total. The molecule has 0 saturated heterocycles. The number of nitrogens with zero attached hydrogens (tertiary/aromatic N) is 1. The largest absolute Gasteiger partial charge is 0.211 e. The summed E-state index contributed by atoms with van der Waals surface area (Å²) < 4.78 is 0. The minimum atomic E-state index is 1.31. The second-order valence-electron chi connectivity index (χ2n) is 4.78. The number of rotatable bonds is 0. The highest BCUT2D eigenvalue weighted by molar-refractivity contribution is 6.17. The molecule has 0 unspecified atom stereocenters. The van der Waals surface area contributed by atoms with Gasteiger partial charge < -0.3 is 0 Å². The summed E-state index contributed by atoms with van der Waals surface area (Å²) in [5, 5.41) is 7.96. The fourth-order valence-corrected chi connectivity index (χ4v) is 2.77. The molecule has 0 fully saturated rings. The minimum Gasteiger partial charge on any atom is -0.0616 e. The van der Waals surface area contributed by atoms with Crippen LogP contribution in [0.3, 0.4) is 0 Å². The van der Waals surface area contributed by atoms with Crippen molar-refractivity contribution in [2.45, 2.75) is 0 Å². The first-order chi connectivity index (χ1) is 10.3. The zero-order valence-corrected chi connectivity index (χ0v) is 11.4. The Balaban J connectivity index is 0.000000409. The molecule has 100 valence electrons. The third kappa shape index (κ3) is 2.27. The van der Waals surface area contributed by atoms with Gasteiger partial charge in [-0.05, 0) is 32.3 Å². The normalized spacial score (nSPS) is 10.1. The van der Waals surface area contributed by atoms with E-state index in [-0.39, 0.29) is 0 Å². The van der Waals surface area contributed by atoms with Crippen LogP contribution in [0.1, 0.15) is 0 Å². The van der Waals surface area contributed by atoms with Crippen molar-refractivity contribution in [3.8, 4) is 0 Å². The van der Waals surface area contributed by atoms with E-state index >= 15 is 0 Å². The lowest BCUT2D eigenvalue weighted by atomic mass is 9.97. The van der Waals surface area contributed by atoms with Gasteiger partial charge in [0.05, 0.1) is 0 Å². The predicted molar refractivity (Wildman–Crippen MR) is 86.5 cm³/mol. The fraction of sp³-hybridized carbons (Fsp3) is 0. The Morgan fingerprint density at radius 1 is 0.476 bits per heavy atom. The van der Waals surface area contributed by atoms with E-state index in [0.29, 0.717) is 0 Å². The molecule has 0 aliphatic heterocycles. The summed E-state index contributed by atoms with van der Waals surface area (Å²) in [5.41, 5.74) is 11.0. The Bertz CT molecular complexity index is 892. The van der Waals surface area contributed by atoms with E-state index in [9.17, 15) is 0 Å². The van der Waals surface area contributed by atoms with E-state index in [1.165, 1.54) is 32.3 Å². The predicted octanol–water partition coefficient (Wildman–Crippen LogP) is 5.26. The van der Waals surface area contributed by atoms with Crippen LogP contribution in [0.25, 0.3) is 32.3 Å². The molecule has 0 aliphatic rings. The van der Waals surface area contributed by atoms with Crippen LogP contribution in [0, 0.1) is 11.1 Å². The van der Waals surface area contributed by atoms with E-state index in [1.54, 1.807) is 0 Å². The number of nitrogens with one attached hydrogen (secondary N) is 2. The van der Waals surface area contributed by atoms with E-state index in [0.717, 1.165) is 0 Å². The molecule has 4 aromatic carbocycles. The molecular formula is C18H14N3+. The number of benzene rings is 4. The quantitative estimate of drug-likeness (QED) is 0.249. The van der Waals surface area contributed by atoms with Crippen molar-refractivity contribution >= 4 is 32.3 Å². The summed E-state index contributed by atoms with van der Waals surface area (Å²) in [7, 11) is 0. The summed E-state index contributed by atoms with van der Waals surface area (Å²) in [6.07, 6.45) is 0. The third-order valence-corrected chi connectivity index (χ3v) is 3.65. The Morgan fingerprint density at radius 2 is 0.857 bits per heavy atom. The molecule has 0 atom stereocenters. The van der Waals surface area contributed by atoms with Crippen molar-refractivity contribution in [1.29, 1.82) is 11.1 Å². The first-order valence-electron chi connectivity index (χ1n) is 6.67. The van der Waals surface area contributed by atoms with Gasteiger partial charge >= 0.3 is 0 Å². The molecule has 0 radical (unpaired) electrons. The van der Waals surface area contributed by atoms with Gasteiger partial charge in [0, 0.05) is 0 Å². The summed E-state index contributed by atoms with van der Waals surface area (Å²) in [6.45, 7) is 0. The summed E-state index contributed by atoms with van der Waals surface area (Å²) in [4.78, 5) is 2.00. The van der Waals surface area contributed by atoms with Crippen molar-refractivity contribution in [3.05, 3.63) is 72.8 Å². The molecule has 4 rings (SSSR count). The average Bonchev–Trinajstić information content (AvgIpc) is 2.55. The molecule has 0 saturated carbocycles. The Labute approximate surface area is 121 Å². The molecule has 4 aromatic rings. The number of hydrogen-bond donors (Lipinski definition) is 2. The Morgan fingerprint density at radius 3 is 1.29 bits per heavy atom. The van der Waals surface area contributed by atoms with Crippen molar-refractivity contribution in [3.63, 3.8) is 0 Å². The lowest BCUT2D eigenvalue weighted by molar-refractivity contribution is 0.928. The van der Waals surface area contributed by atoms with Crippen LogP contribution >= 0.6 is 0 Å². The van der Waals surface area contributed by atoms with E-state index in [4.69, 9.17) is 11.1 Å². The highest BCUT2D eigenvalue weighted by Gasteiger charge is 2.03. The Kier molecular flexibility index (Phi) is 3.42. The summed E-state index contributed by atoms with van der Waals surface area (Å²) in [6, 6.07) is 26.0. The molecule has 0 aliphatic carbocycles. The van der Waals surface area contributed by atoms with Gasteiger partial charge in [-0.15, -0.1) is 0 Å². The Hall–Kier alpha value is -3.03. The van der Waals surface area contributed by atoms with Gasteiger partial charge in [0.25, 0.3) is 0 Å². The highest BCUT2D eigenvalue weighted by Crippen LogP contribution is 2.30. The SMILES string of the molecule is N=[N+]=N.c1ccc2c(c1)ccc1c3ccccc3ccc21. The monoisotopic (exact) mass is 272 g/mol. The highest BCUT2D eigenvalue weighted by atomic mass is 15.0. The average molecular weight is 272 g/mol. The van der Waals surface area contributed by atoms with Gasteiger partial charge in [0.15, 0.2) is 0 Å². The van der Waals surface area contributed by atoms with Crippen LogP contribution in [-0.2, 0) is 0 Å². The first kappa shape index (κ1) is 13.0. The standard InChI is InChI=1S/C18H12.H2N3/c1-3-7-15-13(5-1)9-11-18-16-8-4-2-6-14(16)10-12-17(15)18;1-3-2/h1-12H;1-2H/q;+1. The molecule has 3 heteroatoms. The van der Waals surface area contributed by atoms with Crippen molar-refractivity contribution in [2.75, 3.05) is 0 Å². The zero-order chi connectivity index (χ0) is 14.7. The molecule has 0 spiro atoms. The van der Waals surface area contributed by atoms with Crippen LogP contribution in [-0.4, -0.2) is 0 Å². The molecule has 3 nitrogen and oxygen atoms in total. The van der Waals surface area contributed by atoms with E-state index < -0.39 is 0 Å². The maximum Gasteiger partial charge on any atom is 0.211 e. The second kappa shape index (κ2) is 5.53. The number of hydrogen-bond acceptors (Lipinski definition) is 2. The lowest BCUT2D eigenvalue weighted by Gasteiger charge is -2.07. The van der Waals surface area contributed by atoms with Crippen LogP contribution in [0.5, 0.6) is 0 Å². The second-order valence-corrected chi connectivity index (χ2v) is 4.78. The van der Waals surface area contributed by atoms with Gasteiger partial charge in [0.2, 0.25) is 4.91 Å². The van der Waals surface area contributed by atoms with Crippen LogP contribution in [0.4, 0.5) is 0 Å². The molecule has 0 aromatic heterocycles. The van der Waals surface area contributed by atoms with Crippen molar-refractivity contribution in [1.82, 2.24) is 4.91 Å². The van der Waals surface area contributed by atoms with Gasteiger partial charge in [0.1, 0.15) is 11.1 Å². The van der Waals surface area contributed by atoms with E-state index in [2.05, 4.69) is 72.8 Å². The van der Waals surface area contributed by atoms with Crippen molar-refractivity contribution in [2.24, 2.45) is 0 Å². The van der Waals surface area contributed by atoms with Gasteiger partial charge in [-0.1, -0.05) is 72.8 Å². The third-order valence-electron chi connectivity index (χ3n) is 3.65. The smallest absolute Gasteiger partial charge is 0.0616 e. The van der Waals surface area contributed by atoms with Gasteiger partial charge in [-0.2, -0.15) is 0 Å². The van der Waals surface area contributed by atoms with Gasteiger partial charge in [-0.3, -0.25) is 0 Å².